The molecular weight excluding hydrogens is 491 g/mol. The number of fused-ring (bicyclic) bond motifs is 1. The standard InChI is InChI=1S/C19H24ClIN4OSi/c1-19(2,3)27(4,5)26-14-8-6-7-13(11-14)9-10-25-12-22-15-16(20)23-18(21)24-17(15)25/h6-8,11-12H,9-10H2,1-5H3. The van der Waals surface area contributed by atoms with Crippen molar-refractivity contribution in [2.45, 2.75) is 51.9 Å². The average molecular weight is 515 g/mol. The van der Waals surface area contributed by atoms with Crippen molar-refractivity contribution in [2.24, 2.45) is 0 Å². The molecule has 0 aliphatic heterocycles. The van der Waals surface area contributed by atoms with Crippen LogP contribution in [-0.4, -0.2) is 27.8 Å². The SMILES string of the molecule is CC(C)(C)[Si](C)(C)Oc1cccc(CCn2cnc3c(Cl)nc(I)nc32)c1. The van der Waals surface area contributed by atoms with E-state index in [1.807, 2.05) is 10.6 Å². The first kappa shape index (κ1) is 20.5. The molecule has 0 N–H and O–H groups in total. The maximum atomic E-state index is 6.43. The summed E-state index contributed by atoms with van der Waals surface area (Å²) in [5, 5.41) is 0.572. The fourth-order valence-electron chi connectivity index (χ4n) is 2.51. The molecule has 2 heterocycles. The molecule has 0 spiro atoms. The van der Waals surface area contributed by atoms with Crippen LogP contribution in [-0.2, 0) is 13.0 Å². The minimum atomic E-state index is -1.84. The zero-order valence-electron chi connectivity index (χ0n) is 16.3. The van der Waals surface area contributed by atoms with Gasteiger partial charge in [0.25, 0.3) is 0 Å². The Kier molecular flexibility index (Phi) is 5.84. The number of benzene rings is 1. The summed E-state index contributed by atoms with van der Waals surface area (Å²) in [5.41, 5.74) is 2.64. The van der Waals surface area contributed by atoms with Crippen molar-refractivity contribution in [1.29, 1.82) is 0 Å². The van der Waals surface area contributed by atoms with E-state index in [9.17, 15) is 0 Å². The Bertz CT molecular complexity index is 968. The topological polar surface area (TPSA) is 52.8 Å². The second kappa shape index (κ2) is 7.67. The summed E-state index contributed by atoms with van der Waals surface area (Å²) in [4.78, 5) is 13.0. The third-order valence-electron chi connectivity index (χ3n) is 5.11. The van der Waals surface area contributed by atoms with Crippen molar-refractivity contribution < 1.29 is 4.43 Å². The molecule has 1 aromatic carbocycles. The zero-order chi connectivity index (χ0) is 19.8. The van der Waals surface area contributed by atoms with E-state index in [-0.39, 0.29) is 5.04 Å². The lowest BCUT2D eigenvalue weighted by molar-refractivity contribution is 0.491. The van der Waals surface area contributed by atoms with Crippen LogP contribution >= 0.6 is 34.2 Å². The second-order valence-corrected chi connectivity index (χ2v) is 14.2. The van der Waals surface area contributed by atoms with Gasteiger partial charge in [-0.05, 0) is 42.2 Å². The maximum absolute atomic E-state index is 6.43. The number of halogens is 2. The number of rotatable bonds is 5. The Balaban J connectivity index is 1.76. The van der Waals surface area contributed by atoms with Gasteiger partial charge in [-0.15, -0.1) is 0 Å². The van der Waals surface area contributed by atoms with Gasteiger partial charge in [-0.1, -0.05) is 44.5 Å². The van der Waals surface area contributed by atoms with Crippen LogP contribution in [0.5, 0.6) is 5.75 Å². The summed E-state index contributed by atoms with van der Waals surface area (Å²) in [7, 11) is -1.84. The summed E-state index contributed by atoms with van der Waals surface area (Å²) in [6, 6.07) is 8.38. The third kappa shape index (κ3) is 4.63. The second-order valence-electron chi connectivity index (χ2n) is 8.15. The molecule has 2 aromatic heterocycles. The number of imidazole rings is 1. The number of hydrogen-bond acceptors (Lipinski definition) is 4. The van der Waals surface area contributed by atoms with Crippen LogP contribution in [0.4, 0.5) is 0 Å². The smallest absolute Gasteiger partial charge is 0.250 e. The Labute approximate surface area is 179 Å². The predicted molar refractivity (Wildman–Crippen MR) is 121 cm³/mol. The van der Waals surface area contributed by atoms with E-state index in [2.05, 4.69) is 89.6 Å². The first-order valence-corrected chi connectivity index (χ1v) is 13.3. The van der Waals surface area contributed by atoms with E-state index in [1.54, 1.807) is 6.33 Å². The van der Waals surface area contributed by atoms with E-state index >= 15 is 0 Å². The fraction of sp³-hybridized carbons (Fsp3) is 0.421. The Morgan fingerprint density at radius 3 is 2.67 bits per heavy atom. The molecule has 144 valence electrons. The minimum Gasteiger partial charge on any atom is -0.543 e. The number of nitrogens with zero attached hydrogens (tertiary/aromatic N) is 4. The van der Waals surface area contributed by atoms with E-state index in [0.29, 0.717) is 14.5 Å². The van der Waals surface area contributed by atoms with Gasteiger partial charge in [0.15, 0.2) is 14.6 Å². The van der Waals surface area contributed by atoms with Crippen molar-refractivity contribution in [3.05, 3.63) is 45.1 Å². The fourth-order valence-corrected chi connectivity index (χ4v) is 4.36. The lowest BCUT2D eigenvalue weighted by Crippen LogP contribution is -2.43. The zero-order valence-corrected chi connectivity index (χ0v) is 20.2. The van der Waals surface area contributed by atoms with Gasteiger partial charge in [-0.25, -0.2) is 15.0 Å². The molecular formula is C19H24ClIN4OSi. The van der Waals surface area contributed by atoms with Crippen molar-refractivity contribution in [3.63, 3.8) is 0 Å². The van der Waals surface area contributed by atoms with Crippen molar-refractivity contribution in [3.8, 4) is 5.75 Å². The molecule has 0 unspecified atom stereocenters. The molecule has 0 saturated carbocycles. The van der Waals surface area contributed by atoms with Gasteiger partial charge in [0.05, 0.1) is 6.33 Å². The van der Waals surface area contributed by atoms with E-state index in [4.69, 9.17) is 16.0 Å². The molecule has 0 radical (unpaired) electrons. The number of hydrogen-bond donors (Lipinski definition) is 0. The summed E-state index contributed by atoms with van der Waals surface area (Å²) < 4.78 is 9.07. The van der Waals surface area contributed by atoms with Crippen LogP contribution in [0.1, 0.15) is 26.3 Å². The molecule has 27 heavy (non-hydrogen) atoms. The van der Waals surface area contributed by atoms with Gasteiger partial charge in [0.1, 0.15) is 11.3 Å². The molecule has 3 aromatic rings. The Morgan fingerprint density at radius 2 is 1.96 bits per heavy atom. The normalized spacial score (nSPS) is 12.6. The summed E-state index contributed by atoms with van der Waals surface area (Å²) in [5.74, 6) is 0.953. The quantitative estimate of drug-likeness (QED) is 0.189. The van der Waals surface area contributed by atoms with Gasteiger partial charge in [-0.2, -0.15) is 0 Å². The van der Waals surface area contributed by atoms with Gasteiger partial charge in [0, 0.05) is 29.1 Å². The molecule has 0 atom stereocenters. The first-order valence-electron chi connectivity index (χ1n) is 8.89. The van der Waals surface area contributed by atoms with Crippen LogP contribution in [0.3, 0.4) is 0 Å². The van der Waals surface area contributed by atoms with Gasteiger partial charge in [-0.3, -0.25) is 0 Å². The Morgan fingerprint density at radius 1 is 1.22 bits per heavy atom. The Hall–Kier alpha value is -1.19. The predicted octanol–water partition coefficient (Wildman–Crippen LogP) is 5.71. The van der Waals surface area contributed by atoms with Crippen LogP contribution in [0.15, 0.2) is 30.6 Å². The van der Waals surface area contributed by atoms with Crippen LogP contribution < -0.4 is 4.43 Å². The van der Waals surface area contributed by atoms with Crippen molar-refractivity contribution in [1.82, 2.24) is 19.5 Å². The molecule has 0 amide bonds. The van der Waals surface area contributed by atoms with E-state index in [0.717, 1.165) is 24.4 Å². The van der Waals surface area contributed by atoms with Gasteiger partial charge >= 0.3 is 0 Å². The monoisotopic (exact) mass is 514 g/mol. The molecule has 8 heteroatoms. The summed E-state index contributed by atoms with van der Waals surface area (Å²) in [6.07, 6.45) is 2.63. The largest absolute Gasteiger partial charge is 0.543 e. The maximum Gasteiger partial charge on any atom is 0.250 e. The van der Waals surface area contributed by atoms with E-state index < -0.39 is 8.32 Å². The van der Waals surface area contributed by atoms with Crippen LogP contribution in [0.2, 0.25) is 23.3 Å². The molecule has 0 fully saturated rings. The third-order valence-corrected chi connectivity index (χ3v) is 10.2. The summed E-state index contributed by atoms with van der Waals surface area (Å²) >= 11 is 8.24. The highest BCUT2D eigenvalue weighted by atomic mass is 127. The molecule has 5 nitrogen and oxygen atoms in total. The molecule has 0 aliphatic rings. The van der Waals surface area contributed by atoms with Crippen LogP contribution in [0, 0.1) is 3.83 Å². The highest BCUT2D eigenvalue weighted by Crippen LogP contribution is 2.37. The molecule has 3 rings (SSSR count). The first-order chi connectivity index (χ1) is 12.6. The van der Waals surface area contributed by atoms with Crippen molar-refractivity contribution in [2.75, 3.05) is 0 Å². The molecule has 0 bridgehead atoms. The van der Waals surface area contributed by atoms with Crippen LogP contribution in [0.25, 0.3) is 11.2 Å². The van der Waals surface area contributed by atoms with Crippen molar-refractivity contribution >= 4 is 53.7 Å². The lowest BCUT2D eigenvalue weighted by Gasteiger charge is -2.36. The lowest BCUT2D eigenvalue weighted by atomic mass is 10.1. The molecule has 0 aliphatic carbocycles. The highest BCUT2D eigenvalue weighted by Gasteiger charge is 2.38. The summed E-state index contributed by atoms with van der Waals surface area (Å²) in [6.45, 7) is 12.1. The van der Waals surface area contributed by atoms with E-state index in [1.165, 1.54) is 5.56 Å². The highest BCUT2D eigenvalue weighted by molar-refractivity contribution is 14.1. The van der Waals surface area contributed by atoms with Gasteiger partial charge < -0.3 is 8.99 Å². The number of aryl methyl sites for hydroxylation is 2. The minimum absolute atomic E-state index is 0.175. The number of aromatic nitrogens is 4. The average Bonchev–Trinajstić information content (AvgIpc) is 2.95. The molecule has 0 saturated heterocycles. The van der Waals surface area contributed by atoms with Gasteiger partial charge in [0.2, 0.25) is 8.32 Å².